The van der Waals surface area contributed by atoms with Crippen molar-refractivity contribution in [3.05, 3.63) is 28.8 Å². The van der Waals surface area contributed by atoms with Gasteiger partial charge in [0.05, 0.1) is 16.6 Å². The molecule has 2 rings (SSSR count). The minimum atomic E-state index is -0.809. The molecule has 126 valence electrons. The molecule has 0 radical (unpaired) electrons. The summed E-state index contributed by atoms with van der Waals surface area (Å²) in [5.74, 6) is -1.34. The Morgan fingerprint density at radius 3 is 2.39 bits per heavy atom. The molecule has 0 heterocycles. The molecule has 1 saturated carbocycles. The number of benzene rings is 1. The first-order chi connectivity index (χ1) is 10.4. The summed E-state index contributed by atoms with van der Waals surface area (Å²) in [5, 5.41) is 12.3. The van der Waals surface area contributed by atoms with Gasteiger partial charge in [0.15, 0.2) is 0 Å². The summed E-state index contributed by atoms with van der Waals surface area (Å²) >= 11 is 6.12. The maximum Gasteiger partial charge on any atom is 0.412 e. The van der Waals surface area contributed by atoms with Gasteiger partial charge >= 0.3 is 12.1 Å². The van der Waals surface area contributed by atoms with E-state index in [1.807, 2.05) is 13.8 Å². The molecule has 0 aromatic heterocycles. The average molecular weight is 340 g/mol. The van der Waals surface area contributed by atoms with Gasteiger partial charge in [-0.2, -0.15) is 0 Å². The number of amides is 1. The van der Waals surface area contributed by atoms with E-state index in [0.717, 1.165) is 5.56 Å². The van der Waals surface area contributed by atoms with Gasteiger partial charge in [-0.05, 0) is 43.9 Å². The van der Waals surface area contributed by atoms with E-state index >= 15 is 0 Å². The van der Waals surface area contributed by atoms with Gasteiger partial charge in [-0.1, -0.05) is 31.5 Å². The maximum absolute atomic E-state index is 11.9. The van der Waals surface area contributed by atoms with Crippen LogP contribution in [0.5, 0.6) is 0 Å². The fraction of sp³-hybridized carbons (Fsp3) is 0.529. The van der Waals surface area contributed by atoms with Gasteiger partial charge in [0, 0.05) is 5.92 Å². The van der Waals surface area contributed by atoms with Crippen LogP contribution < -0.4 is 5.32 Å². The van der Waals surface area contributed by atoms with Gasteiger partial charge in [-0.15, -0.1) is 0 Å². The molecular weight excluding hydrogens is 318 g/mol. The first kappa shape index (κ1) is 17.6. The molecule has 0 spiro atoms. The second-order valence-electron chi connectivity index (χ2n) is 7.48. The van der Waals surface area contributed by atoms with E-state index in [9.17, 15) is 14.7 Å². The lowest BCUT2D eigenvalue weighted by atomic mass is 10.0. The smallest absolute Gasteiger partial charge is 0.412 e. The first-order valence-corrected chi connectivity index (χ1v) is 7.83. The summed E-state index contributed by atoms with van der Waals surface area (Å²) in [6, 6.07) is 5.19. The highest BCUT2D eigenvalue weighted by Crippen LogP contribution is 2.64. The molecule has 2 atom stereocenters. The van der Waals surface area contributed by atoms with Crippen molar-refractivity contribution in [2.45, 2.75) is 46.1 Å². The number of nitrogens with one attached hydrogen (secondary N) is 1. The molecule has 0 bridgehead atoms. The molecule has 1 aromatic carbocycles. The lowest BCUT2D eigenvalue weighted by Crippen LogP contribution is -2.27. The Hall–Kier alpha value is -1.75. The fourth-order valence-electron chi connectivity index (χ4n) is 2.97. The summed E-state index contributed by atoms with van der Waals surface area (Å²) in [6.45, 7) is 9.16. The minimum Gasteiger partial charge on any atom is -0.481 e. The number of carboxylic acids is 1. The van der Waals surface area contributed by atoms with Crippen molar-refractivity contribution in [1.29, 1.82) is 0 Å². The van der Waals surface area contributed by atoms with Crippen LogP contribution in [0.25, 0.3) is 0 Å². The number of carbonyl (C=O) groups excluding carboxylic acids is 1. The summed E-state index contributed by atoms with van der Waals surface area (Å²) in [6.07, 6.45) is -0.596. The quantitative estimate of drug-likeness (QED) is 0.849. The third-order valence-electron chi connectivity index (χ3n) is 4.08. The van der Waals surface area contributed by atoms with Crippen molar-refractivity contribution in [3.8, 4) is 0 Å². The molecule has 2 unspecified atom stereocenters. The molecule has 1 fully saturated rings. The van der Waals surface area contributed by atoms with Crippen LogP contribution in [-0.4, -0.2) is 22.8 Å². The Bertz CT molecular complexity index is 648. The van der Waals surface area contributed by atoms with E-state index < -0.39 is 23.6 Å². The van der Waals surface area contributed by atoms with Crippen LogP contribution in [0.4, 0.5) is 10.5 Å². The molecule has 5 nitrogen and oxygen atoms in total. The zero-order valence-electron chi connectivity index (χ0n) is 13.9. The Labute approximate surface area is 141 Å². The third-order valence-corrected chi connectivity index (χ3v) is 4.41. The number of ether oxygens (including phenoxy) is 1. The van der Waals surface area contributed by atoms with E-state index in [0.29, 0.717) is 10.7 Å². The van der Waals surface area contributed by atoms with Gasteiger partial charge in [-0.3, -0.25) is 10.1 Å². The molecule has 6 heteroatoms. The third kappa shape index (κ3) is 3.78. The van der Waals surface area contributed by atoms with Crippen LogP contribution in [0, 0.1) is 11.3 Å². The largest absolute Gasteiger partial charge is 0.481 e. The molecule has 1 aliphatic carbocycles. The van der Waals surface area contributed by atoms with Crippen LogP contribution in [0.1, 0.15) is 46.1 Å². The van der Waals surface area contributed by atoms with Crippen molar-refractivity contribution < 1.29 is 19.4 Å². The van der Waals surface area contributed by atoms with Gasteiger partial charge in [0.2, 0.25) is 0 Å². The van der Waals surface area contributed by atoms with Crippen molar-refractivity contribution in [2.75, 3.05) is 5.32 Å². The molecular formula is C17H22ClNO4. The minimum absolute atomic E-state index is 0.101. The van der Waals surface area contributed by atoms with E-state index in [-0.39, 0.29) is 11.3 Å². The highest BCUT2D eigenvalue weighted by atomic mass is 35.5. The van der Waals surface area contributed by atoms with Gasteiger partial charge in [0.25, 0.3) is 0 Å². The van der Waals surface area contributed by atoms with Crippen LogP contribution in [0.3, 0.4) is 0 Å². The van der Waals surface area contributed by atoms with Crippen molar-refractivity contribution in [2.24, 2.45) is 11.3 Å². The second kappa shape index (κ2) is 5.71. The number of rotatable bonds is 3. The number of carbonyl (C=O) groups is 2. The summed E-state index contributed by atoms with van der Waals surface area (Å²) < 4.78 is 5.21. The van der Waals surface area contributed by atoms with Crippen LogP contribution in [-0.2, 0) is 9.53 Å². The van der Waals surface area contributed by atoms with Crippen molar-refractivity contribution in [1.82, 2.24) is 0 Å². The SMILES string of the molecule is CC(C)(C)OC(=O)Nc1cc(C2C(C(=O)O)C2(C)C)ccc1Cl. The number of aliphatic carboxylic acids is 1. The fourth-order valence-corrected chi connectivity index (χ4v) is 3.13. The second-order valence-corrected chi connectivity index (χ2v) is 7.89. The monoisotopic (exact) mass is 339 g/mol. The van der Waals surface area contributed by atoms with E-state index in [1.54, 1.807) is 39.0 Å². The zero-order valence-corrected chi connectivity index (χ0v) is 14.7. The standard InChI is InChI=1S/C17H22ClNO4/c1-16(2,3)23-15(22)19-11-8-9(6-7-10(11)18)12-13(14(20)21)17(12,4)5/h6-8,12-13H,1-5H3,(H,19,22)(H,20,21). The normalized spacial score (nSPS) is 22.3. The molecule has 23 heavy (non-hydrogen) atoms. The average Bonchev–Trinajstić information content (AvgIpc) is 2.93. The Balaban J connectivity index is 2.21. The van der Waals surface area contributed by atoms with Crippen LogP contribution in [0.15, 0.2) is 18.2 Å². The van der Waals surface area contributed by atoms with Crippen molar-refractivity contribution in [3.63, 3.8) is 0 Å². The lowest BCUT2D eigenvalue weighted by Gasteiger charge is -2.20. The van der Waals surface area contributed by atoms with E-state index in [2.05, 4.69) is 5.32 Å². The first-order valence-electron chi connectivity index (χ1n) is 7.46. The number of hydrogen-bond donors (Lipinski definition) is 2. The molecule has 1 aromatic rings. The molecule has 1 aliphatic rings. The van der Waals surface area contributed by atoms with E-state index in [1.165, 1.54) is 0 Å². The number of halogens is 1. The van der Waals surface area contributed by atoms with Crippen LogP contribution >= 0.6 is 11.6 Å². The number of hydrogen-bond acceptors (Lipinski definition) is 3. The van der Waals surface area contributed by atoms with Gasteiger partial charge in [-0.25, -0.2) is 4.79 Å². The lowest BCUT2D eigenvalue weighted by molar-refractivity contribution is -0.139. The Morgan fingerprint density at radius 1 is 1.30 bits per heavy atom. The highest BCUT2D eigenvalue weighted by Gasteiger charge is 2.62. The maximum atomic E-state index is 11.9. The summed E-state index contributed by atoms with van der Waals surface area (Å²) in [4.78, 5) is 23.2. The topological polar surface area (TPSA) is 75.6 Å². The number of anilines is 1. The highest BCUT2D eigenvalue weighted by molar-refractivity contribution is 6.33. The Kier molecular flexibility index (Phi) is 4.37. The number of carboxylic acid groups (broad SMARTS) is 1. The van der Waals surface area contributed by atoms with Crippen molar-refractivity contribution >= 4 is 29.4 Å². The molecule has 1 amide bonds. The molecule has 0 aliphatic heterocycles. The van der Waals surface area contributed by atoms with Gasteiger partial charge in [0.1, 0.15) is 5.60 Å². The predicted molar refractivity (Wildman–Crippen MR) is 89.0 cm³/mol. The predicted octanol–water partition coefficient (Wildman–Crippen LogP) is 4.51. The molecule has 0 saturated heterocycles. The summed E-state index contributed by atoms with van der Waals surface area (Å²) in [5.41, 5.74) is 0.340. The molecule has 2 N–H and O–H groups in total. The van der Waals surface area contributed by atoms with Crippen LogP contribution in [0.2, 0.25) is 5.02 Å². The summed E-state index contributed by atoms with van der Waals surface area (Å²) in [7, 11) is 0. The van der Waals surface area contributed by atoms with E-state index in [4.69, 9.17) is 16.3 Å². The van der Waals surface area contributed by atoms with Gasteiger partial charge < -0.3 is 9.84 Å². The zero-order chi connectivity index (χ0) is 17.6. The Morgan fingerprint density at radius 2 is 1.91 bits per heavy atom.